The molecule has 0 saturated carbocycles. The minimum Gasteiger partial charge on any atom is -0.480 e. The molecule has 0 aliphatic rings. The second-order valence-electron chi connectivity index (χ2n) is 5.39. The Morgan fingerprint density at radius 1 is 1.16 bits per heavy atom. The normalized spacial score (nSPS) is 12.7. The van der Waals surface area contributed by atoms with Gasteiger partial charge in [-0.2, -0.15) is 0 Å². The minimum absolute atomic E-state index is 0.308. The van der Waals surface area contributed by atoms with Crippen molar-refractivity contribution in [2.45, 2.75) is 46.2 Å². The van der Waals surface area contributed by atoms with Crippen LogP contribution in [0.2, 0.25) is 0 Å². The first-order valence-corrected chi connectivity index (χ1v) is 6.16. The first kappa shape index (κ1) is 17.2. The lowest BCUT2D eigenvalue weighted by atomic mass is 10.1. The zero-order valence-corrected chi connectivity index (χ0v) is 12.0. The van der Waals surface area contributed by atoms with Crippen LogP contribution in [0, 0.1) is 5.92 Å². The lowest BCUT2D eigenvalue weighted by Crippen LogP contribution is -2.56. The van der Waals surface area contributed by atoms with E-state index in [-0.39, 0.29) is 5.91 Å². The van der Waals surface area contributed by atoms with E-state index in [9.17, 15) is 14.4 Å². The van der Waals surface area contributed by atoms with Gasteiger partial charge in [0.25, 0.3) is 0 Å². The van der Waals surface area contributed by atoms with Crippen LogP contribution in [-0.4, -0.2) is 41.1 Å². The van der Waals surface area contributed by atoms with Gasteiger partial charge in [0.2, 0.25) is 5.91 Å². The van der Waals surface area contributed by atoms with Gasteiger partial charge in [-0.1, -0.05) is 13.8 Å². The lowest BCUT2D eigenvalue weighted by Gasteiger charge is -2.23. The predicted molar refractivity (Wildman–Crippen MR) is 70.7 cm³/mol. The highest BCUT2D eigenvalue weighted by atomic mass is 16.4. The molecule has 0 saturated heterocycles. The SMILES string of the molecule is CC(C)CNC(=O)C(C)NC(=O)NC(C)(C)C(=O)O. The molecule has 4 N–H and O–H groups in total. The van der Waals surface area contributed by atoms with E-state index >= 15 is 0 Å². The van der Waals surface area contributed by atoms with Crippen molar-refractivity contribution in [1.82, 2.24) is 16.0 Å². The largest absolute Gasteiger partial charge is 0.480 e. The molecule has 0 heterocycles. The van der Waals surface area contributed by atoms with E-state index < -0.39 is 23.6 Å². The van der Waals surface area contributed by atoms with Gasteiger partial charge in [0.05, 0.1) is 0 Å². The highest BCUT2D eigenvalue weighted by Gasteiger charge is 2.29. The molecule has 1 unspecified atom stereocenters. The molecule has 0 spiro atoms. The summed E-state index contributed by atoms with van der Waals surface area (Å²) in [6, 6.07) is -1.43. The van der Waals surface area contributed by atoms with E-state index in [1.54, 1.807) is 0 Å². The molecule has 3 amide bonds. The number of rotatable bonds is 6. The molecule has 0 fully saturated rings. The number of carbonyl (C=O) groups excluding carboxylic acids is 2. The number of urea groups is 1. The van der Waals surface area contributed by atoms with Crippen molar-refractivity contribution in [2.24, 2.45) is 5.92 Å². The van der Waals surface area contributed by atoms with Gasteiger partial charge in [-0.05, 0) is 26.7 Å². The van der Waals surface area contributed by atoms with E-state index in [1.807, 2.05) is 13.8 Å². The third kappa shape index (κ3) is 6.64. The number of carbonyl (C=O) groups is 3. The van der Waals surface area contributed by atoms with Gasteiger partial charge >= 0.3 is 12.0 Å². The van der Waals surface area contributed by atoms with Gasteiger partial charge in [0, 0.05) is 6.54 Å². The fourth-order valence-electron chi connectivity index (χ4n) is 1.09. The molecule has 0 rings (SSSR count). The maximum Gasteiger partial charge on any atom is 0.328 e. The Hall–Kier alpha value is -1.79. The third-order valence-electron chi connectivity index (χ3n) is 2.39. The van der Waals surface area contributed by atoms with E-state index in [0.717, 1.165) is 0 Å². The summed E-state index contributed by atoms with van der Waals surface area (Å²) in [4.78, 5) is 34.0. The smallest absolute Gasteiger partial charge is 0.328 e. The molecule has 0 aliphatic heterocycles. The van der Waals surface area contributed by atoms with Gasteiger partial charge in [0.1, 0.15) is 11.6 Å². The monoisotopic (exact) mass is 273 g/mol. The summed E-state index contributed by atoms with van der Waals surface area (Å²) in [7, 11) is 0. The maximum atomic E-state index is 11.6. The third-order valence-corrected chi connectivity index (χ3v) is 2.39. The Kier molecular flexibility index (Phi) is 6.31. The Morgan fingerprint density at radius 2 is 1.68 bits per heavy atom. The van der Waals surface area contributed by atoms with E-state index in [1.165, 1.54) is 20.8 Å². The molecule has 0 aromatic rings. The average Bonchev–Trinajstić information content (AvgIpc) is 2.24. The van der Waals surface area contributed by atoms with E-state index in [0.29, 0.717) is 12.5 Å². The first-order valence-electron chi connectivity index (χ1n) is 6.16. The van der Waals surface area contributed by atoms with Gasteiger partial charge < -0.3 is 21.1 Å². The van der Waals surface area contributed by atoms with E-state index in [2.05, 4.69) is 16.0 Å². The molecule has 7 heteroatoms. The number of nitrogens with one attached hydrogen (secondary N) is 3. The first-order chi connectivity index (χ1) is 8.56. The molecular weight excluding hydrogens is 250 g/mol. The summed E-state index contributed by atoms with van der Waals surface area (Å²) in [5.74, 6) is -1.15. The molecule has 0 aromatic heterocycles. The molecule has 110 valence electrons. The lowest BCUT2D eigenvalue weighted by molar-refractivity contribution is -0.142. The summed E-state index contributed by atoms with van der Waals surface area (Å²) in [5.41, 5.74) is -1.39. The molecule has 7 nitrogen and oxygen atoms in total. The quantitative estimate of drug-likeness (QED) is 0.558. The van der Waals surface area contributed by atoms with Crippen LogP contribution in [0.25, 0.3) is 0 Å². The Bertz CT molecular complexity index is 353. The van der Waals surface area contributed by atoms with Crippen molar-refractivity contribution in [3.05, 3.63) is 0 Å². The number of hydrogen-bond acceptors (Lipinski definition) is 3. The molecule has 0 aliphatic carbocycles. The fourth-order valence-corrected chi connectivity index (χ4v) is 1.09. The molecule has 19 heavy (non-hydrogen) atoms. The van der Waals surface area contributed by atoms with Crippen molar-refractivity contribution >= 4 is 17.9 Å². The highest BCUT2D eigenvalue weighted by molar-refractivity contribution is 5.89. The van der Waals surface area contributed by atoms with Crippen LogP contribution in [0.4, 0.5) is 4.79 Å². The van der Waals surface area contributed by atoms with E-state index in [4.69, 9.17) is 5.11 Å². The Morgan fingerprint density at radius 3 is 2.11 bits per heavy atom. The highest BCUT2D eigenvalue weighted by Crippen LogP contribution is 2.01. The minimum atomic E-state index is -1.39. The van der Waals surface area contributed by atoms with Crippen molar-refractivity contribution in [2.75, 3.05) is 6.54 Å². The summed E-state index contributed by atoms with van der Waals surface area (Å²) in [6.07, 6.45) is 0. The summed E-state index contributed by atoms with van der Waals surface area (Å²) in [5, 5.41) is 16.2. The predicted octanol–water partition coefficient (Wildman–Crippen LogP) is 0.310. The molecule has 0 bridgehead atoms. The van der Waals surface area contributed by atoms with Crippen LogP contribution < -0.4 is 16.0 Å². The van der Waals surface area contributed by atoms with Crippen molar-refractivity contribution in [1.29, 1.82) is 0 Å². The van der Waals surface area contributed by atoms with Gasteiger partial charge in [-0.15, -0.1) is 0 Å². The zero-order chi connectivity index (χ0) is 15.2. The summed E-state index contributed by atoms with van der Waals surface area (Å²) in [6.45, 7) is 8.69. The number of aliphatic carboxylic acids is 1. The summed E-state index contributed by atoms with van der Waals surface area (Å²) < 4.78 is 0. The van der Waals surface area contributed by atoms with Gasteiger partial charge in [-0.3, -0.25) is 4.79 Å². The summed E-state index contributed by atoms with van der Waals surface area (Å²) >= 11 is 0. The van der Waals surface area contributed by atoms with Gasteiger partial charge in [0.15, 0.2) is 0 Å². The average molecular weight is 273 g/mol. The standard InChI is InChI=1S/C12H23N3O4/c1-7(2)6-13-9(16)8(3)14-11(19)15-12(4,5)10(17)18/h7-8H,6H2,1-5H3,(H,13,16)(H,17,18)(H2,14,15,19). The second kappa shape index (κ2) is 6.96. The van der Waals surface area contributed by atoms with Crippen LogP contribution in [0.15, 0.2) is 0 Å². The topological polar surface area (TPSA) is 108 Å². The molecule has 1 atom stereocenters. The zero-order valence-electron chi connectivity index (χ0n) is 12.0. The number of hydrogen-bond donors (Lipinski definition) is 4. The molecule has 0 aromatic carbocycles. The van der Waals surface area contributed by atoms with Crippen LogP contribution in [0.5, 0.6) is 0 Å². The number of amides is 3. The van der Waals surface area contributed by atoms with Crippen LogP contribution in [0.3, 0.4) is 0 Å². The second-order valence-corrected chi connectivity index (χ2v) is 5.39. The van der Waals surface area contributed by atoms with Crippen molar-refractivity contribution in [3.63, 3.8) is 0 Å². The fraction of sp³-hybridized carbons (Fsp3) is 0.750. The Balaban J connectivity index is 4.26. The van der Waals surface area contributed by atoms with Crippen molar-refractivity contribution in [3.8, 4) is 0 Å². The van der Waals surface area contributed by atoms with Crippen LogP contribution >= 0.6 is 0 Å². The Labute approximate surface area is 113 Å². The maximum absolute atomic E-state index is 11.6. The molecular formula is C12H23N3O4. The van der Waals surface area contributed by atoms with Crippen LogP contribution in [-0.2, 0) is 9.59 Å². The number of carboxylic acids is 1. The molecule has 0 radical (unpaired) electrons. The number of carboxylic acid groups (broad SMARTS) is 1. The van der Waals surface area contributed by atoms with Crippen molar-refractivity contribution < 1.29 is 19.5 Å². The van der Waals surface area contributed by atoms with Crippen LogP contribution in [0.1, 0.15) is 34.6 Å². The van der Waals surface area contributed by atoms with Gasteiger partial charge in [-0.25, -0.2) is 9.59 Å².